The lowest BCUT2D eigenvalue weighted by molar-refractivity contribution is -0.133. The van der Waals surface area contributed by atoms with Crippen LogP contribution in [0.3, 0.4) is 0 Å². The molecule has 1 unspecified atom stereocenters. The number of rotatable bonds is 10. The maximum absolute atomic E-state index is 5.45. The summed E-state index contributed by atoms with van der Waals surface area (Å²) >= 11 is 1.95. The number of ether oxygens (including phenoxy) is 2. The van der Waals surface area contributed by atoms with Crippen molar-refractivity contribution in [3.05, 3.63) is 0 Å². The van der Waals surface area contributed by atoms with E-state index in [9.17, 15) is 0 Å². The van der Waals surface area contributed by atoms with Gasteiger partial charge in [0.05, 0.1) is 0 Å². The highest BCUT2D eigenvalue weighted by Crippen LogP contribution is 2.02. The van der Waals surface area contributed by atoms with E-state index in [0.717, 1.165) is 12.3 Å². The number of nitrogens with one attached hydrogen (secondary N) is 1. The van der Waals surface area contributed by atoms with Crippen molar-refractivity contribution < 1.29 is 9.47 Å². The largest absolute Gasteiger partial charge is 0.352 e. The Morgan fingerprint density at radius 1 is 1.13 bits per heavy atom. The minimum absolute atomic E-state index is 0.103. The smallest absolute Gasteiger partial charge is 0.169 e. The third kappa shape index (κ3) is 9.18. The summed E-state index contributed by atoms with van der Waals surface area (Å²) in [6.07, 6.45) is -0.103. The van der Waals surface area contributed by atoms with E-state index in [1.54, 1.807) is 0 Å². The molecule has 0 bridgehead atoms. The van der Waals surface area contributed by atoms with Gasteiger partial charge in [-0.05, 0) is 26.5 Å². The van der Waals surface area contributed by atoms with Gasteiger partial charge in [0.1, 0.15) is 0 Å². The van der Waals surface area contributed by atoms with Crippen LogP contribution in [0.15, 0.2) is 0 Å². The normalized spacial score (nSPS) is 13.4. The topological polar surface area (TPSA) is 30.5 Å². The van der Waals surface area contributed by atoms with E-state index >= 15 is 0 Å². The lowest BCUT2D eigenvalue weighted by Crippen LogP contribution is -2.37. The van der Waals surface area contributed by atoms with Gasteiger partial charge >= 0.3 is 0 Å². The van der Waals surface area contributed by atoms with Crippen LogP contribution in [-0.2, 0) is 9.47 Å². The summed E-state index contributed by atoms with van der Waals surface area (Å²) in [7, 11) is 0. The van der Waals surface area contributed by atoms with Crippen molar-refractivity contribution in [2.45, 2.75) is 40.0 Å². The Morgan fingerprint density at radius 2 is 1.73 bits per heavy atom. The van der Waals surface area contributed by atoms with Gasteiger partial charge in [-0.2, -0.15) is 11.8 Å². The fraction of sp³-hybridized carbons (Fsp3) is 1.00. The molecule has 0 aliphatic carbocycles. The molecular formula is C11H25NO2S. The average Bonchev–Trinajstić information content (AvgIpc) is 2.23. The molecule has 15 heavy (non-hydrogen) atoms. The minimum atomic E-state index is -0.103. The van der Waals surface area contributed by atoms with E-state index in [1.807, 2.05) is 25.6 Å². The van der Waals surface area contributed by atoms with Crippen LogP contribution in [0.4, 0.5) is 0 Å². The third-order valence-corrected chi connectivity index (χ3v) is 3.05. The second kappa shape index (κ2) is 10.7. The highest BCUT2D eigenvalue weighted by Gasteiger charge is 2.09. The van der Waals surface area contributed by atoms with Gasteiger partial charge in [-0.25, -0.2) is 0 Å². The van der Waals surface area contributed by atoms with Crippen molar-refractivity contribution in [1.29, 1.82) is 0 Å². The van der Waals surface area contributed by atoms with E-state index in [0.29, 0.717) is 19.3 Å². The van der Waals surface area contributed by atoms with E-state index in [4.69, 9.17) is 9.47 Å². The Bertz CT molecular complexity index is 130. The van der Waals surface area contributed by atoms with Gasteiger partial charge in [0.2, 0.25) is 0 Å². The van der Waals surface area contributed by atoms with Gasteiger partial charge in [-0.15, -0.1) is 0 Å². The van der Waals surface area contributed by atoms with Crippen LogP contribution in [0.2, 0.25) is 0 Å². The summed E-state index contributed by atoms with van der Waals surface area (Å²) in [6.45, 7) is 10.5. The van der Waals surface area contributed by atoms with Crippen LogP contribution in [-0.4, -0.2) is 43.6 Å². The Balaban J connectivity index is 3.57. The molecule has 0 aliphatic rings. The molecule has 0 amide bonds. The molecule has 0 saturated heterocycles. The van der Waals surface area contributed by atoms with Crippen LogP contribution in [0.5, 0.6) is 0 Å². The maximum Gasteiger partial charge on any atom is 0.169 e. The van der Waals surface area contributed by atoms with Crippen molar-refractivity contribution >= 4 is 11.8 Å². The number of hydrogen-bond donors (Lipinski definition) is 1. The molecule has 0 saturated carbocycles. The molecule has 0 spiro atoms. The van der Waals surface area contributed by atoms with Crippen molar-refractivity contribution in [3.8, 4) is 0 Å². The summed E-state index contributed by atoms with van der Waals surface area (Å²) in [6, 6.07) is 0.512. The minimum Gasteiger partial charge on any atom is -0.352 e. The monoisotopic (exact) mass is 235 g/mol. The van der Waals surface area contributed by atoms with Gasteiger partial charge in [-0.3, -0.25) is 0 Å². The second-order valence-corrected chi connectivity index (χ2v) is 4.63. The molecule has 1 atom stereocenters. The fourth-order valence-electron chi connectivity index (χ4n) is 1.19. The zero-order valence-corrected chi connectivity index (χ0v) is 11.2. The summed E-state index contributed by atoms with van der Waals surface area (Å²) < 4.78 is 10.9. The quantitative estimate of drug-likeness (QED) is 0.588. The molecule has 0 aliphatic heterocycles. The molecule has 0 aromatic carbocycles. The van der Waals surface area contributed by atoms with Gasteiger partial charge in [0, 0.05) is 31.6 Å². The number of hydrogen-bond acceptors (Lipinski definition) is 4. The highest BCUT2D eigenvalue weighted by atomic mass is 32.2. The van der Waals surface area contributed by atoms with Crippen molar-refractivity contribution in [1.82, 2.24) is 5.32 Å². The van der Waals surface area contributed by atoms with Crippen molar-refractivity contribution in [3.63, 3.8) is 0 Å². The van der Waals surface area contributed by atoms with E-state index in [-0.39, 0.29) is 6.29 Å². The van der Waals surface area contributed by atoms with E-state index < -0.39 is 0 Å². The first-order chi connectivity index (χ1) is 7.24. The lowest BCUT2D eigenvalue weighted by atomic mass is 10.4. The number of thioether (sulfide) groups is 1. The van der Waals surface area contributed by atoms with E-state index in [2.05, 4.69) is 19.2 Å². The lowest BCUT2D eigenvalue weighted by Gasteiger charge is -2.20. The SMILES string of the molecule is CCOC(CNC(C)CSCC)OCC. The predicted molar refractivity (Wildman–Crippen MR) is 67.5 cm³/mol. The molecule has 3 nitrogen and oxygen atoms in total. The fourth-order valence-corrected chi connectivity index (χ4v) is 1.90. The molecular weight excluding hydrogens is 210 g/mol. The second-order valence-electron chi connectivity index (χ2n) is 3.31. The molecule has 0 radical (unpaired) electrons. The first-order valence-corrected chi connectivity index (χ1v) is 6.94. The molecule has 0 fully saturated rings. The van der Waals surface area contributed by atoms with Crippen LogP contribution in [0, 0.1) is 0 Å². The first kappa shape index (κ1) is 15.2. The molecule has 92 valence electrons. The third-order valence-electron chi connectivity index (χ3n) is 1.91. The zero-order valence-electron chi connectivity index (χ0n) is 10.4. The molecule has 1 N–H and O–H groups in total. The summed E-state index contributed by atoms with van der Waals surface area (Å²) in [4.78, 5) is 0. The predicted octanol–water partition coefficient (Wildman–Crippen LogP) is 2.12. The first-order valence-electron chi connectivity index (χ1n) is 5.78. The molecule has 4 heteroatoms. The van der Waals surface area contributed by atoms with Gasteiger partial charge in [0.25, 0.3) is 0 Å². The Morgan fingerprint density at radius 3 is 2.20 bits per heavy atom. The van der Waals surface area contributed by atoms with Crippen LogP contribution >= 0.6 is 11.8 Å². The van der Waals surface area contributed by atoms with Gasteiger partial charge < -0.3 is 14.8 Å². The van der Waals surface area contributed by atoms with Gasteiger partial charge in [-0.1, -0.05) is 6.92 Å². The van der Waals surface area contributed by atoms with Crippen LogP contribution in [0.25, 0.3) is 0 Å². The zero-order chi connectivity index (χ0) is 11.5. The van der Waals surface area contributed by atoms with E-state index in [1.165, 1.54) is 5.75 Å². The summed E-state index contributed by atoms with van der Waals surface area (Å²) in [5.41, 5.74) is 0. The summed E-state index contributed by atoms with van der Waals surface area (Å²) in [5.74, 6) is 2.31. The molecule has 0 rings (SSSR count). The van der Waals surface area contributed by atoms with Crippen LogP contribution in [0.1, 0.15) is 27.7 Å². The van der Waals surface area contributed by atoms with Crippen molar-refractivity contribution in [2.75, 3.05) is 31.3 Å². The molecule has 0 heterocycles. The molecule has 0 aromatic rings. The Labute approximate surface area is 98.3 Å². The summed E-state index contributed by atoms with van der Waals surface area (Å²) in [5, 5.41) is 3.42. The highest BCUT2D eigenvalue weighted by molar-refractivity contribution is 7.99. The van der Waals surface area contributed by atoms with Crippen LogP contribution < -0.4 is 5.32 Å². The average molecular weight is 235 g/mol. The standard InChI is InChI=1S/C11H25NO2S/c1-5-13-11(14-6-2)8-12-10(4)9-15-7-3/h10-12H,5-9H2,1-4H3. The Kier molecular flexibility index (Phi) is 10.9. The Hall–Kier alpha value is 0.230. The van der Waals surface area contributed by atoms with Gasteiger partial charge in [0.15, 0.2) is 6.29 Å². The molecule has 0 aromatic heterocycles. The maximum atomic E-state index is 5.45. The van der Waals surface area contributed by atoms with Crippen molar-refractivity contribution in [2.24, 2.45) is 0 Å².